The highest BCUT2D eigenvalue weighted by Crippen LogP contribution is 2.18. The third-order valence-corrected chi connectivity index (χ3v) is 5.89. The lowest BCUT2D eigenvalue weighted by atomic mass is 10.1. The average Bonchev–Trinajstić information content (AvgIpc) is 2.63. The molecule has 0 aromatic rings. The summed E-state index contributed by atoms with van der Waals surface area (Å²) in [4.78, 5) is 60.1. The Balaban J connectivity index is 5.06. The molecule has 2 amide bonds. The molecular formula is C23H40N2O7S2. The van der Waals surface area contributed by atoms with Gasteiger partial charge in [-0.2, -0.15) is 0 Å². The molecule has 0 heterocycles. The van der Waals surface area contributed by atoms with Crippen molar-refractivity contribution in [1.82, 2.24) is 10.6 Å². The molecule has 0 unspecified atom stereocenters. The predicted molar refractivity (Wildman–Crippen MR) is 136 cm³/mol. The summed E-state index contributed by atoms with van der Waals surface area (Å²) >= 11 is 2.01. The smallest absolute Gasteiger partial charge is 0.407 e. The summed E-state index contributed by atoms with van der Waals surface area (Å²) in [5, 5.41) is 5.14. The Kier molecular flexibility index (Phi) is 14.5. The van der Waals surface area contributed by atoms with Crippen molar-refractivity contribution < 1.29 is 33.4 Å². The van der Waals surface area contributed by atoms with E-state index in [0.717, 1.165) is 23.5 Å². The maximum absolute atomic E-state index is 12.9. The van der Waals surface area contributed by atoms with Crippen LogP contribution in [0.1, 0.15) is 74.7 Å². The predicted octanol–water partition coefficient (Wildman–Crippen LogP) is 3.68. The molecule has 0 aliphatic carbocycles. The van der Waals surface area contributed by atoms with Crippen molar-refractivity contribution in [2.24, 2.45) is 5.92 Å². The van der Waals surface area contributed by atoms with Gasteiger partial charge in [-0.15, -0.1) is 0 Å². The quantitative estimate of drug-likeness (QED) is 0.292. The Morgan fingerprint density at radius 2 is 1.29 bits per heavy atom. The van der Waals surface area contributed by atoms with Crippen LogP contribution in [0.25, 0.3) is 0 Å². The van der Waals surface area contributed by atoms with Crippen molar-refractivity contribution in [1.29, 1.82) is 0 Å². The van der Waals surface area contributed by atoms with Crippen molar-refractivity contribution >= 4 is 51.7 Å². The number of esters is 1. The number of hydrogen-bond acceptors (Lipinski definition) is 9. The van der Waals surface area contributed by atoms with Crippen molar-refractivity contribution in [2.45, 2.75) is 91.9 Å². The molecule has 0 rings (SSSR count). The molecule has 0 fully saturated rings. The van der Waals surface area contributed by atoms with Gasteiger partial charge in [-0.05, 0) is 60.8 Å². The molecule has 1 atom stereocenters. The summed E-state index contributed by atoms with van der Waals surface area (Å²) in [5.41, 5.74) is -1.32. The third-order valence-electron chi connectivity index (χ3n) is 3.94. The van der Waals surface area contributed by atoms with Crippen LogP contribution in [0.2, 0.25) is 0 Å². The standard InChI is InChI=1S/C23H40N2O7S2/c1-15(26)33-13-17(14-34-16(2)27)19(28)25-18(20(29)31-22(3,4)5)11-9-10-12-24-21(30)32-23(6,7)8/h17-18H,9-14H2,1-8H3,(H,24,30)(H,25,28)/t18-/m0/s1. The molecule has 0 saturated carbocycles. The van der Waals surface area contributed by atoms with Crippen LogP contribution in [0.15, 0.2) is 0 Å². The summed E-state index contributed by atoms with van der Waals surface area (Å²) in [6.07, 6.45) is 0.898. The summed E-state index contributed by atoms with van der Waals surface area (Å²) in [7, 11) is 0. The minimum absolute atomic E-state index is 0.133. The van der Waals surface area contributed by atoms with Crippen LogP contribution in [0.3, 0.4) is 0 Å². The zero-order valence-corrected chi connectivity index (χ0v) is 23.2. The molecule has 0 aromatic heterocycles. The Labute approximate surface area is 211 Å². The van der Waals surface area contributed by atoms with Crippen LogP contribution >= 0.6 is 23.5 Å². The number of hydrogen-bond donors (Lipinski definition) is 2. The van der Waals surface area contributed by atoms with Gasteiger partial charge in [-0.3, -0.25) is 14.4 Å². The molecule has 0 bridgehead atoms. The van der Waals surface area contributed by atoms with Crippen LogP contribution in [0.4, 0.5) is 4.79 Å². The number of amides is 2. The highest BCUT2D eigenvalue weighted by Gasteiger charge is 2.29. The second-order valence-electron chi connectivity index (χ2n) is 9.82. The van der Waals surface area contributed by atoms with Gasteiger partial charge in [0.05, 0.1) is 5.92 Å². The number of thioether (sulfide) groups is 2. The normalized spacial score (nSPS) is 12.6. The van der Waals surface area contributed by atoms with Crippen LogP contribution < -0.4 is 10.6 Å². The molecule has 0 spiro atoms. The first kappa shape index (κ1) is 32.2. The molecule has 196 valence electrons. The molecule has 0 aliphatic heterocycles. The first-order chi connectivity index (χ1) is 15.5. The van der Waals surface area contributed by atoms with Crippen molar-refractivity contribution in [3.05, 3.63) is 0 Å². The number of unbranched alkanes of at least 4 members (excludes halogenated alkanes) is 1. The van der Waals surface area contributed by atoms with Crippen LogP contribution in [0.5, 0.6) is 0 Å². The van der Waals surface area contributed by atoms with Crippen LogP contribution in [0, 0.1) is 5.92 Å². The van der Waals surface area contributed by atoms with Crippen LogP contribution in [-0.2, 0) is 28.7 Å². The Hall–Kier alpha value is -1.75. The fourth-order valence-corrected chi connectivity index (χ4v) is 4.08. The lowest BCUT2D eigenvalue weighted by Gasteiger charge is -2.26. The van der Waals surface area contributed by atoms with E-state index in [0.29, 0.717) is 25.8 Å². The van der Waals surface area contributed by atoms with Crippen molar-refractivity contribution in [3.8, 4) is 0 Å². The zero-order chi connectivity index (χ0) is 26.5. The van der Waals surface area contributed by atoms with E-state index in [1.54, 1.807) is 41.5 Å². The van der Waals surface area contributed by atoms with Gasteiger partial charge >= 0.3 is 12.1 Å². The van der Waals surface area contributed by atoms with E-state index in [9.17, 15) is 24.0 Å². The van der Waals surface area contributed by atoms with Crippen molar-refractivity contribution in [3.63, 3.8) is 0 Å². The molecule has 11 heteroatoms. The number of rotatable bonds is 12. The fraction of sp³-hybridized carbons (Fsp3) is 0.783. The average molecular weight is 521 g/mol. The maximum atomic E-state index is 12.9. The molecule has 2 N–H and O–H groups in total. The molecule has 34 heavy (non-hydrogen) atoms. The van der Waals surface area contributed by atoms with E-state index in [4.69, 9.17) is 9.47 Å². The summed E-state index contributed by atoms with van der Waals surface area (Å²) in [6.45, 7) is 13.7. The second kappa shape index (κ2) is 15.3. The van der Waals surface area contributed by atoms with Crippen molar-refractivity contribution in [2.75, 3.05) is 18.1 Å². The molecule has 9 nitrogen and oxygen atoms in total. The van der Waals surface area contributed by atoms with Gasteiger partial charge in [0.15, 0.2) is 10.2 Å². The van der Waals surface area contributed by atoms with Gasteiger partial charge < -0.3 is 20.1 Å². The summed E-state index contributed by atoms with van der Waals surface area (Å²) in [6, 6.07) is -0.889. The Bertz CT molecular complexity index is 697. The van der Waals surface area contributed by atoms with E-state index >= 15 is 0 Å². The molecule has 0 saturated heterocycles. The maximum Gasteiger partial charge on any atom is 0.407 e. The first-order valence-corrected chi connectivity index (χ1v) is 13.2. The highest BCUT2D eigenvalue weighted by atomic mass is 32.2. The number of carbonyl (C=O) groups is 5. The topological polar surface area (TPSA) is 128 Å². The number of ether oxygens (including phenoxy) is 2. The number of carbonyl (C=O) groups excluding carboxylic acids is 5. The van der Waals surface area contributed by atoms with Gasteiger partial charge in [0.25, 0.3) is 0 Å². The van der Waals surface area contributed by atoms with Gasteiger partial charge in [-0.25, -0.2) is 9.59 Å². The zero-order valence-electron chi connectivity index (χ0n) is 21.6. The Morgan fingerprint density at radius 3 is 1.74 bits per heavy atom. The van der Waals surface area contributed by atoms with E-state index in [-0.39, 0.29) is 21.7 Å². The SMILES string of the molecule is CC(=O)SCC(CSC(C)=O)C(=O)N[C@@H](CCCCNC(=O)OC(C)(C)C)C(=O)OC(C)(C)C. The van der Waals surface area contributed by atoms with Gasteiger partial charge in [0.2, 0.25) is 5.91 Å². The van der Waals surface area contributed by atoms with E-state index in [2.05, 4.69) is 10.6 Å². The molecular weight excluding hydrogens is 480 g/mol. The number of nitrogens with one attached hydrogen (secondary N) is 2. The summed E-state index contributed by atoms with van der Waals surface area (Å²) in [5.74, 6) is -1.17. The monoisotopic (exact) mass is 520 g/mol. The van der Waals surface area contributed by atoms with E-state index in [1.807, 2.05) is 0 Å². The minimum Gasteiger partial charge on any atom is -0.458 e. The largest absolute Gasteiger partial charge is 0.458 e. The van der Waals surface area contributed by atoms with E-state index < -0.39 is 41.1 Å². The Morgan fingerprint density at radius 1 is 0.794 bits per heavy atom. The fourth-order valence-electron chi connectivity index (χ4n) is 2.52. The highest BCUT2D eigenvalue weighted by molar-refractivity contribution is 8.14. The number of alkyl carbamates (subject to hydrolysis) is 1. The van der Waals surface area contributed by atoms with Gasteiger partial charge in [-0.1, -0.05) is 23.5 Å². The molecule has 0 radical (unpaired) electrons. The summed E-state index contributed by atoms with van der Waals surface area (Å²) < 4.78 is 10.6. The minimum atomic E-state index is -0.889. The lowest BCUT2D eigenvalue weighted by Crippen LogP contribution is -2.47. The van der Waals surface area contributed by atoms with E-state index in [1.165, 1.54) is 13.8 Å². The molecule has 0 aromatic carbocycles. The first-order valence-electron chi connectivity index (χ1n) is 11.3. The third kappa shape index (κ3) is 17.7. The second-order valence-corrected chi connectivity index (χ2v) is 12.2. The lowest BCUT2D eigenvalue weighted by molar-refractivity contribution is -0.159. The van der Waals surface area contributed by atoms with Crippen LogP contribution in [-0.4, -0.2) is 63.5 Å². The molecule has 0 aliphatic rings. The van der Waals surface area contributed by atoms with Gasteiger partial charge in [0, 0.05) is 31.9 Å². The van der Waals surface area contributed by atoms with Gasteiger partial charge in [0.1, 0.15) is 17.2 Å².